The van der Waals surface area contributed by atoms with Crippen molar-refractivity contribution in [2.24, 2.45) is 0 Å². The molecule has 5 aromatic rings. The quantitative estimate of drug-likeness (QED) is 0.214. The molecule has 0 heterocycles. The van der Waals surface area contributed by atoms with Gasteiger partial charge in [0.25, 0.3) is 0 Å². The zero-order valence-electron chi connectivity index (χ0n) is 28.7. The summed E-state index contributed by atoms with van der Waals surface area (Å²) in [5.41, 5.74) is 6.20. The molecule has 0 aliphatic heterocycles. The van der Waals surface area contributed by atoms with Crippen LogP contribution in [0.2, 0.25) is 0 Å². The minimum atomic E-state index is 0. The Balaban J connectivity index is 0.000000270. The van der Waals surface area contributed by atoms with Crippen LogP contribution in [0.1, 0.15) is 84.1 Å². The Morgan fingerprint density at radius 3 is 1.52 bits per heavy atom. The van der Waals surface area contributed by atoms with Crippen LogP contribution in [0.5, 0.6) is 0 Å². The predicted octanol–water partition coefficient (Wildman–Crippen LogP) is 5.55. The van der Waals surface area contributed by atoms with Gasteiger partial charge in [-0.2, -0.15) is 6.08 Å². The zero-order chi connectivity index (χ0) is 32.0. The molecule has 0 nitrogen and oxygen atoms in total. The number of allylic oxidation sites excluding steroid dienone is 4. The minimum absolute atomic E-state index is 0. The summed E-state index contributed by atoms with van der Waals surface area (Å²) < 4.78 is 1.59. The molecule has 0 unspecified atom stereocenters. The van der Waals surface area contributed by atoms with E-state index in [2.05, 4.69) is 171 Å². The number of fused-ring (bicyclic) bond motifs is 3. The van der Waals surface area contributed by atoms with Crippen LogP contribution >= 0.6 is 0 Å². The van der Waals surface area contributed by atoms with E-state index in [0.717, 1.165) is 12.8 Å². The molecule has 1 aliphatic rings. The van der Waals surface area contributed by atoms with E-state index in [9.17, 15) is 0 Å². The van der Waals surface area contributed by atoms with Crippen molar-refractivity contribution in [3.05, 3.63) is 150 Å². The SMILES string of the molecule is CC(C)(C)c1ccc2c(c1)[cH-]c1cc(C(C)(C)C)ccc12.CC(C)([C](=[Zr+2])Cc1ccccc1)c1ccccc1.[C-]1=CC=CC1.[Cl-].[Cl-]. The predicted molar refractivity (Wildman–Crippen MR) is 191 cm³/mol. The summed E-state index contributed by atoms with van der Waals surface area (Å²) in [4.78, 5) is 0. The Hall–Kier alpha value is -2.44. The average molecular weight is 727 g/mol. The summed E-state index contributed by atoms with van der Waals surface area (Å²) in [7, 11) is 0. The Morgan fingerprint density at radius 1 is 0.652 bits per heavy atom. The average Bonchev–Trinajstić information content (AvgIpc) is 3.69. The van der Waals surface area contributed by atoms with Crippen molar-refractivity contribution in [3.63, 3.8) is 0 Å². The molecule has 0 atom stereocenters. The fraction of sp³-hybridized carbons (Fsp3) is 0.302. The summed E-state index contributed by atoms with van der Waals surface area (Å²) >= 11 is 1.53. The minimum Gasteiger partial charge on any atom is -1.00 e. The molecule has 0 saturated heterocycles. The van der Waals surface area contributed by atoms with Crippen molar-refractivity contribution in [1.82, 2.24) is 0 Å². The molecule has 240 valence electrons. The molecule has 0 N–H and O–H groups in total. The number of benzene rings is 4. The van der Waals surface area contributed by atoms with E-state index in [1.165, 1.54) is 68.0 Å². The number of rotatable bonds is 4. The van der Waals surface area contributed by atoms with E-state index >= 15 is 0 Å². The Morgan fingerprint density at radius 2 is 1.13 bits per heavy atom. The fourth-order valence-electron chi connectivity index (χ4n) is 5.35. The molecule has 1 aliphatic carbocycles. The molecule has 0 amide bonds. The van der Waals surface area contributed by atoms with Crippen LogP contribution in [0.4, 0.5) is 0 Å². The van der Waals surface area contributed by atoms with Gasteiger partial charge >= 0.3 is 125 Å². The van der Waals surface area contributed by atoms with Crippen LogP contribution in [-0.4, -0.2) is 3.21 Å². The second kappa shape index (κ2) is 17.1. The number of hydrogen-bond acceptors (Lipinski definition) is 0. The second-order valence-corrected chi connectivity index (χ2v) is 15.9. The summed E-state index contributed by atoms with van der Waals surface area (Å²) in [6.07, 6.45) is 11.1. The largest absolute Gasteiger partial charge is 1.00 e. The third-order valence-corrected chi connectivity index (χ3v) is 10.5. The van der Waals surface area contributed by atoms with Gasteiger partial charge in [0.05, 0.1) is 0 Å². The molecule has 6 rings (SSSR count). The van der Waals surface area contributed by atoms with Crippen LogP contribution in [0, 0.1) is 6.08 Å². The molecule has 0 fully saturated rings. The third kappa shape index (κ3) is 10.5. The molecule has 0 aromatic heterocycles. The molecule has 5 aromatic carbocycles. The van der Waals surface area contributed by atoms with Gasteiger partial charge in [-0.15, -0.1) is 46.2 Å². The topological polar surface area (TPSA) is 0 Å². The standard InChI is InChI=1S/C21H25.C17H18.C5H5.2ClH.Zr/c1-20(2,3)16-7-9-18-14(12-16)11-15-13-17(21(4,5)6)8-10-19(15)18;1-17(2,16-11-7-4-8-12-16)14-13-15-9-5-3-6-10-15;1-2-4-5-3-1;;;/h7-13H,1-6H3;3-12H,13H2,1-2H3;1-3H,4H2;2*1H;/q-1;;-1;;;+2/p-2. The van der Waals surface area contributed by atoms with Crippen LogP contribution in [0.15, 0.2) is 121 Å². The van der Waals surface area contributed by atoms with E-state index in [4.69, 9.17) is 0 Å². The van der Waals surface area contributed by atoms with E-state index < -0.39 is 0 Å². The van der Waals surface area contributed by atoms with Crippen LogP contribution in [0.25, 0.3) is 21.5 Å². The second-order valence-electron chi connectivity index (χ2n) is 14.4. The Bertz CT molecular complexity index is 1660. The molecule has 0 saturated carbocycles. The summed E-state index contributed by atoms with van der Waals surface area (Å²) in [6, 6.07) is 37.7. The van der Waals surface area contributed by atoms with Crippen molar-refractivity contribution >= 4 is 24.8 Å². The van der Waals surface area contributed by atoms with Gasteiger partial charge in [0.2, 0.25) is 0 Å². The first-order valence-corrected chi connectivity index (χ1v) is 17.0. The van der Waals surface area contributed by atoms with E-state index in [1.807, 2.05) is 12.2 Å². The first kappa shape index (κ1) is 39.7. The van der Waals surface area contributed by atoms with Crippen molar-refractivity contribution in [3.8, 4) is 0 Å². The number of halogens is 2. The molecular weight excluding hydrogens is 679 g/mol. The fourth-order valence-corrected chi connectivity index (χ4v) is 6.20. The maximum Gasteiger partial charge on any atom is -0.109 e. The molecule has 0 spiro atoms. The van der Waals surface area contributed by atoms with Crippen LogP contribution in [-0.2, 0) is 46.9 Å². The maximum absolute atomic E-state index is 2.99. The summed E-state index contributed by atoms with van der Waals surface area (Å²) in [5, 5.41) is 5.48. The molecule has 0 radical (unpaired) electrons. The van der Waals surface area contributed by atoms with E-state index in [-0.39, 0.29) is 41.1 Å². The molecular formula is C43H48Cl2Zr-2. The van der Waals surface area contributed by atoms with Crippen molar-refractivity contribution < 1.29 is 49.0 Å². The molecule has 0 bridgehead atoms. The van der Waals surface area contributed by atoms with Crippen molar-refractivity contribution in [2.75, 3.05) is 0 Å². The van der Waals surface area contributed by atoms with Gasteiger partial charge in [0, 0.05) is 0 Å². The first-order chi connectivity index (χ1) is 20.8. The zero-order valence-corrected chi connectivity index (χ0v) is 32.7. The van der Waals surface area contributed by atoms with Gasteiger partial charge in [-0.05, 0) is 10.8 Å². The van der Waals surface area contributed by atoms with E-state index in [0.29, 0.717) is 0 Å². The van der Waals surface area contributed by atoms with E-state index in [1.54, 1.807) is 3.21 Å². The summed E-state index contributed by atoms with van der Waals surface area (Å²) in [6.45, 7) is 18.3. The normalized spacial score (nSPS) is 12.4. The van der Waals surface area contributed by atoms with Crippen LogP contribution < -0.4 is 24.8 Å². The molecule has 3 heteroatoms. The summed E-state index contributed by atoms with van der Waals surface area (Å²) in [5.74, 6) is 0. The van der Waals surface area contributed by atoms with Crippen molar-refractivity contribution in [1.29, 1.82) is 0 Å². The van der Waals surface area contributed by atoms with Crippen LogP contribution in [0.3, 0.4) is 0 Å². The monoisotopic (exact) mass is 724 g/mol. The van der Waals surface area contributed by atoms with Gasteiger partial charge in [0.1, 0.15) is 0 Å². The first-order valence-electron chi connectivity index (χ1n) is 15.8. The van der Waals surface area contributed by atoms with Gasteiger partial charge in [-0.3, -0.25) is 6.08 Å². The maximum atomic E-state index is 2.99. The van der Waals surface area contributed by atoms with Gasteiger partial charge in [-0.1, -0.05) is 76.9 Å². The Labute approximate surface area is 305 Å². The molecule has 46 heavy (non-hydrogen) atoms. The number of hydrogen-bond donors (Lipinski definition) is 0. The van der Waals surface area contributed by atoms with Gasteiger partial charge in [0.15, 0.2) is 0 Å². The van der Waals surface area contributed by atoms with Gasteiger partial charge in [-0.25, -0.2) is 12.2 Å². The van der Waals surface area contributed by atoms with Crippen molar-refractivity contribution in [2.45, 2.75) is 84.5 Å². The van der Waals surface area contributed by atoms with Gasteiger partial charge < -0.3 is 24.8 Å². The Kier molecular flexibility index (Phi) is 14.8. The third-order valence-electron chi connectivity index (χ3n) is 8.50. The smallest absolute Gasteiger partial charge is 0.109 e.